The Bertz CT molecular complexity index is 154. The van der Waals surface area contributed by atoms with Crippen molar-refractivity contribution < 1.29 is 18.9 Å². The van der Waals surface area contributed by atoms with Crippen LogP contribution in [0.4, 0.5) is 0 Å². The Balaban J connectivity index is 3.59. The molecule has 6 heteroatoms. The summed E-state index contributed by atoms with van der Waals surface area (Å²) in [6.07, 6.45) is 1.18. The molecule has 0 saturated carbocycles. The molecule has 0 saturated heterocycles. The molecule has 4 radical (unpaired) electrons. The summed E-state index contributed by atoms with van der Waals surface area (Å²) in [6, 6.07) is 2.31. The van der Waals surface area contributed by atoms with E-state index in [0.29, 0.717) is 0 Å². The van der Waals surface area contributed by atoms with Gasteiger partial charge in [-0.05, 0) is 27.7 Å². The molecule has 0 aromatic heterocycles. The van der Waals surface area contributed by atoms with Crippen molar-refractivity contribution in [1.82, 2.24) is 0 Å². The van der Waals surface area contributed by atoms with Gasteiger partial charge >= 0.3 is 0 Å². The largest absolute Gasteiger partial charge is 0.357 e. The summed E-state index contributed by atoms with van der Waals surface area (Å²) in [6.45, 7) is 10.9. The van der Waals surface area contributed by atoms with Gasteiger partial charge in [-0.3, -0.25) is 0 Å². The van der Waals surface area contributed by atoms with Gasteiger partial charge in [-0.1, -0.05) is 18.5 Å². The van der Waals surface area contributed by atoms with Crippen molar-refractivity contribution >= 4 is 19.0 Å². The minimum absolute atomic E-state index is 0.00656. The lowest BCUT2D eigenvalue weighted by atomic mass is 10.6. The number of hydrogen-bond acceptors (Lipinski definition) is 4. The Morgan fingerprint density at radius 1 is 0.632 bits per heavy atom. The summed E-state index contributed by atoms with van der Waals surface area (Å²) in [7, 11) is 1.44. The maximum atomic E-state index is 5.53. The molecule has 0 aromatic carbocycles. The van der Waals surface area contributed by atoms with Gasteiger partial charge < -0.3 is 18.9 Å². The third kappa shape index (κ3) is 11.8. The van der Waals surface area contributed by atoms with Crippen molar-refractivity contribution in [3.8, 4) is 0 Å². The topological polar surface area (TPSA) is 36.9 Å². The summed E-state index contributed by atoms with van der Waals surface area (Å²) >= 11 is 0. The van der Waals surface area contributed by atoms with Crippen molar-refractivity contribution in [2.75, 3.05) is 26.4 Å². The molecule has 0 heterocycles. The minimum atomic E-state index is -0.00656. The van der Waals surface area contributed by atoms with E-state index < -0.39 is 0 Å². The van der Waals surface area contributed by atoms with E-state index in [0.717, 1.165) is 57.6 Å². The Morgan fingerprint density at radius 3 is 1.21 bits per heavy atom. The van der Waals surface area contributed by atoms with Crippen molar-refractivity contribution in [2.24, 2.45) is 0 Å². The molecule has 19 heavy (non-hydrogen) atoms. The fourth-order valence-corrected chi connectivity index (χ4v) is 4.19. The SMILES string of the molecule is CCOC(OCC)[Si]CCC[Si]C(OCC)OCC. The van der Waals surface area contributed by atoms with Crippen LogP contribution < -0.4 is 0 Å². The lowest BCUT2D eigenvalue weighted by molar-refractivity contribution is -0.0829. The van der Waals surface area contributed by atoms with Gasteiger partial charge in [-0.25, -0.2) is 0 Å². The van der Waals surface area contributed by atoms with E-state index in [1.54, 1.807) is 0 Å². The molecule has 0 unspecified atom stereocenters. The average Bonchev–Trinajstić information content (AvgIpc) is 2.39. The normalized spacial score (nSPS) is 11.7. The predicted molar refractivity (Wildman–Crippen MR) is 79.8 cm³/mol. The maximum Gasteiger partial charge on any atom is 0.137 e. The van der Waals surface area contributed by atoms with Gasteiger partial charge in [0.2, 0.25) is 0 Å². The molecule has 0 bridgehead atoms. The number of hydrogen-bond donors (Lipinski definition) is 0. The Hall–Kier alpha value is 0.274. The first kappa shape index (κ1) is 19.3. The van der Waals surface area contributed by atoms with Gasteiger partial charge in [-0.2, -0.15) is 0 Å². The highest BCUT2D eigenvalue weighted by Crippen LogP contribution is 2.04. The van der Waals surface area contributed by atoms with Gasteiger partial charge in [0.1, 0.15) is 30.9 Å². The van der Waals surface area contributed by atoms with Crippen molar-refractivity contribution in [3.63, 3.8) is 0 Å². The van der Waals surface area contributed by atoms with Crippen LogP contribution in [0.25, 0.3) is 0 Å². The molecule has 0 aliphatic carbocycles. The van der Waals surface area contributed by atoms with Gasteiger partial charge in [0.25, 0.3) is 0 Å². The minimum Gasteiger partial charge on any atom is -0.357 e. The molecule has 112 valence electrons. The van der Waals surface area contributed by atoms with Crippen LogP contribution in [-0.4, -0.2) is 57.3 Å². The highest BCUT2D eigenvalue weighted by molar-refractivity contribution is 6.38. The van der Waals surface area contributed by atoms with E-state index in [1.807, 2.05) is 27.7 Å². The maximum absolute atomic E-state index is 5.53. The standard InChI is InChI=1S/C13H28O4Si2/c1-5-14-12(15-6-2)18-10-9-11-19-13(16-7-3)17-8-4/h12-13H,5-11H2,1-4H3. The summed E-state index contributed by atoms with van der Waals surface area (Å²) < 4.78 is 22.1. The molecule has 4 nitrogen and oxygen atoms in total. The van der Waals surface area contributed by atoms with Crippen LogP contribution in [0.15, 0.2) is 0 Å². The quantitative estimate of drug-likeness (QED) is 0.280. The third-order valence-electron chi connectivity index (χ3n) is 2.25. The van der Waals surface area contributed by atoms with Crippen LogP contribution in [0.1, 0.15) is 34.1 Å². The second-order valence-corrected chi connectivity index (χ2v) is 6.51. The van der Waals surface area contributed by atoms with E-state index in [9.17, 15) is 0 Å². The first-order valence-electron chi connectivity index (χ1n) is 7.21. The lowest BCUT2D eigenvalue weighted by Crippen LogP contribution is -2.26. The number of rotatable bonds is 14. The monoisotopic (exact) mass is 304 g/mol. The van der Waals surface area contributed by atoms with Crippen LogP contribution in [-0.2, 0) is 18.9 Å². The van der Waals surface area contributed by atoms with E-state index in [2.05, 4.69) is 0 Å². The summed E-state index contributed by atoms with van der Waals surface area (Å²) in [5, 5.41) is 0. The van der Waals surface area contributed by atoms with Gasteiger partial charge in [0, 0.05) is 26.4 Å². The molecule has 0 fully saturated rings. The molecule has 0 aromatic rings. The van der Waals surface area contributed by atoms with Crippen molar-refractivity contribution in [2.45, 2.75) is 58.0 Å². The fraction of sp³-hybridized carbons (Fsp3) is 1.00. The van der Waals surface area contributed by atoms with Crippen LogP contribution in [0, 0.1) is 0 Å². The molecular weight excluding hydrogens is 276 g/mol. The number of ether oxygens (including phenoxy) is 4. The molecule has 0 rings (SSSR count). The molecule has 0 aliphatic heterocycles. The fourth-order valence-electron chi connectivity index (χ4n) is 1.47. The second-order valence-electron chi connectivity index (χ2n) is 3.75. The van der Waals surface area contributed by atoms with Crippen molar-refractivity contribution in [3.05, 3.63) is 0 Å². The molecule has 0 amide bonds. The smallest absolute Gasteiger partial charge is 0.137 e. The van der Waals surface area contributed by atoms with Gasteiger partial charge in [0.05, 0.1) is 0 Å². The molecule has 0 spiro atoms. The Kier molecular flexibility index (Phi) is 14.9. The van der Waals surface area contributed by atoms with Crippen LogP contribution in [0.5, 0.6) is 0 Å². The zero-order chi connectivity index (χ0) is 14.3. The zero-order valence-electron chi connectivity index (χ0n) is 12.7. The van der Waals surface area contributed by atoms with Gasteiger partial charge in [0.15, 0.2) is 0 Å². The molecule has 0 N–H and O–H groups in total. The van der Waals surface area contributed by atoms with Crippen LogP contribution in [0.2, 0.25) is 12.1 Å². The highest BCUT2D eigenvalue weighted by Gasteiger charge is 2.11. The highest BCUT2D eigenvalue weighted by atomic mass is 28.2. The first-order valence-corrected chi connectivity index (χ1v) is 9.78. The van der Waals surface area contributed by atoms with Crippen molar-refractivity contribution in [1.29, 1.82) is 0 Å². The zero-order valence-corrected chi connectivity index (χ0v) is 14.7. The average molecular weight is 305 g/mol. The lowest BCUT2D eigenvalue weighted by Gasteiger charge is -2.17. The van der Waals surface area contributed by atoms with E-state index in [1.165, 1.54) is 6.42 Å². The van der Waals surface area contributed by atoms with Crippen LogP contribution in [0.3, 0.4) is 0 Å². The summed E-state index contributed by atoms with van der Waals surface area (Å²) in [5.41, 5.74) is 0. The molecule has 0 atom stereocenters. The van der Waals surface area contributed by atoms with E-state index >= 15 is 0 Å². The third-order valence-corrected chi connectivity index (χ3v) is 4.87. The van der Waals surface area contributed by atoms with Gasteiger partial charge in [-0.15, -0.1) is 0 Å². The van der Waals surface area contributed by atoms with E-state index in [4.69, 9.17) is 18.9 Å². The van der Waals surface area contributed by atoms with Crippen LogP contribution >= 0.6 is 0 Å². The van der Waals surface area contributed by atoms with E-state index in [-0.39, 0.29) is 11.8 Å². The molecule has 0 aliphatic rings. The molecular formula is C13H28O4Si2. The first-order chi connectivity index (χ1) is 9.28. The Morgan fingerprint density at radius 2 is 0.947 bits per heavy atom. The summed E-state index contributed by atoms with van der Waals surface area (Å²) in [5.74, 6) is -0.0131. The second kappa shape index (κ2) is 14.7. The predicted octanol–water partition coefficient (Wildman–Crippen LogP) is 2.33. The summed E-state index contributed by atoms with van der Waals surface area (Å²) in [4.78, 5) is 0. The Labute approximate surface area is 123 Å².